The number of aromatic nitrogens is 2. The number of anilines is 2. The molecule has 1 atom stereocenters. The number of aryl methyl sites for hydroxylation is 2. The van der Waals surface area contributed by atoms with Gasteiger partial charge in [-0.1, -0.05) is 12.1 Å². The summed E-state index contributed by atoms with van der Waals surface area (Å²) >= 11 is 0. The smallest absolute Gasteiger partial charge is 0.224 e. The topological polar surface area (TPSA) is 49.8 Å². The summed E-state index contributed by atoms with van der Waals surface area (Å²) in [7, 11) is 1.78. The fraction of sp³-hybridized carbons (Fsp3) is 0.333. The summed E-state index contributed by atoms with van der Waals surface area (Å²) in [6.45, 7) is 5.63. The first-order valence-corrected chi connectivity index (χ1v) is 6.55. The average Bonchev–Trinajstić information content (AvgIpc) is 2.41. The standard InChI is InChI=1S/C15H19FN4/c1-9-5-6-12(8-13(9)16)11(3)19-14-7-10(2)18-15(17-4)20-14/h5-8,11H,1-4H3,(H2,17,18,19,20). The molecule has 0 aliphatic carbocycles. The minimum Gasteiger partial charge on any atom is -0.363 e. The van der Waals surface area contributed by atoms with Gasteiger partial charge in [0.25, 0.3) is 0 Å². The van der Waals surface area contributed by atoms with Gasteiger partial charge in [-0.3, -0.25) is 0 Å². The van der Waals surface area contributed by atoms with Crippen LogP contribution >= 0.6 is 0 Å². The molecule has 0 saturated heterocycles. The molecule has 2 rings (SSSR count). The minimum absolute atomic E-state index is 0.0379. The van der Waals surface area contributed by atoms with Crippen LogP contribution in [0.1, 0.15) is 29.8 Å². The van der Waals surface area contributed by atoms with E-state index in [1.165, 1.54) is 0 Å². The Morgan fingerprint density at radius 1 is 1.15 bits per heavy atom. The van der Waals surface area contributed by atoms with Gasteiger partial charge in [-0.15, -0.1) is 0 Å². The Kier molecular flexibility index (Phi) is 4.17. The first kappa shape index (κ1) is 14.2. The third kappa shape index (κ3) is 3.23. The zero-order chi connectivity index (χ0) is 14.7. The molecule has 0 amide bonds. The molecule has 20 heavy (non-hydrogen) atoms. The molecule has 2 N–H and O–H groups in total. The van der Waals surface area contributed by atoms with Gasteiger partial charge >= 0.3 is 0 Å². The highest BCUT2D eigenvalue weighted by molar-refractivity contribution is 5.44. The van der Waals surface area contributed by atoms with Crippen molar-refractivity contribution in [2.45, 2.75) is 26.8 Å². The molecule has 1 unspecified atom stereocenters. The highest BCUT2D eigenvalue weighted by Gasteiger charge is 2.09. The quantitative estimate of drug-likeness (QED) is 0.896. The molecule has 2 aromatic rings. The summed E-state index contributed by atoms with van der Waals surface area (Å²) in [6, 6.07) is 7.09. The molecule has 0 aliphatic heterocycles. The van der Waals surface area contributed by atoms with Crippen molar-refractivity contribution in [2.24, 2.45) is 0 Å². The van der Waals surface area contributed by atoms with Gasteiger partial charge in [-0.2, -0.15) is 4.98 Å². The van der Waals surface area contributed by atoms with Gasteiger partial charge in [-0.25, -0.2) is 9.37 Å². The molecule has 1 aromatic heterocycles. The highest BCUT2D eigenvalue weighted by atomic mass is 19.1. The predicted molar refractivity (Wildman–Crippen MR) is 79.5 cm³/mol. The van der Waals surface area contributed by atoms with E-state index >= 15 is 0 Å². The normalized spacial score (nSPS) is 12.1. The summed E-state index contributed by atoms with van der Waals surface area (Å²) in [5.74, 6) is 1.09. The van der Waals surface area contributed by atoms with Crippen LogP contribution in [0.3, 0.4) is 0 Å². The fourth-order valence-electron chi connectivity index (χ4n) is 1.94. The fourth-order valence-corrected chi connectivity index (χ4v) is 1.94. The van der Waals surface area contributed by atoms with Gasteiger partial charge in [-0.05, 0) is 38.0 Å². The Bertz CT molecular complexity index is 613. The van der Waals surface area contributed by atoms with Crippen molar-refractivity contribution in [3.63, 3.8) is 0 Å². The van der Waals surface area contributed by atoms with E-state index in [0.717, 1.165) is 17.1 Å². The SMILES string of the molecule is CNc1nc(C)cc(NC(C)c2ccc(C)c(F)c2)n1. The van der Waals surface area contributed by atoms with E-state index in [1.807, 2.05) is 26.0 Å². The number of hydrogen-bond acceptors (Lipinski definition) is 4. The third-order valence-electron chi connectivity index (χ3n) is 3.14. The van der Waals surface area contributed by atoms with Gasteiger partial charge in [0.1, 0.15) is 11.6 Å². The molecule has 0 bridgehead atoms. The van der Waals surface area contributed by atoms with Crippen molar-refractivity contribution in [1.29, 1.82) is 0 Å². The lowest BCUT2D eigenvalue weighted by atomic mass is 10.1. The van der Waals surface area contributed by atoms with Crippen molar-refractivity contribution in [3.05, 3.63) is 46.9 Å². The zero-order valence-electron chi connectivity index (χ0n) is 12.2. The van der Waals surface area contributed by atoms with Crippen LogP contribution in [0, 0.1) is 19.7 Å². The monoisotopic (exact) mass is 274 g/mol. The van der Waals surface area contributed by atoms with E-state index in [-0.39, 0.29) is 11.9 Å². The first-order valence-electron chi connectivity index (χ1n) is 6.55. The second kappa shape index (κ2) is 5.86. The maximum absolute atomic E-state index is 13.6. The van der Waals surface area contributed by atoms with Crippen LogP contribution in [0.4, 0.5) is 16.2 Å². The van der Waals surface area contributed by atoms with Gasteiger partial charge in [0, 0.05) is 18.8 Å². The van der Waals surface area contributed by atoms with Crippen molar-refractivity contribution in [1.82, 2.24) is 9.97 Å². The third-order valence-corrected chi connectivity index (χ3v) is 3.14. The zero-order valence-corrected chi connectivity index (χ0v) is 12.2. The molecule has 0 spiro atoms. The van der Waals surface area contributed by atoms with Crippen molar-refractivity contribution in [3.8, 4) is 0 Å². The van der Waals surface area contributed by atoms with Gasteiger partial charge < -0.3 is 10.6 Å². The summed E-state index contributed by atoms with van der Waals surface area (Å²) in [5.41, 5.74) is 2.40. The Morgan fingerprint density at radius 3 is 2.55 bits per heavy atom. The van der Waals surface area contributed by atoms with Gasteiger partial charge in [0.2, 0.25) is 5.95 Å². The summed E-state index contributed by atoms with van der Waals surface area (Å²) in [4.78, 5) is 8.57. The van der Waals surface area contributed by atoms with Crippen LogP contribution in [0.15, 0.2) is 24.3 Å². The lowest BCUT2D eigenvalue weighted by Crippen LogP contribution is -2.10. The molecule has 5 heteroatoms. The molecule has 0 saturated carbocycles. The van der Waals surface area contributed by atoms with E-state index in [4.69, 9.17) is 0 Å². The highest BCUT2D eigenvalue weighted by Crippen LogP contribution is 2.21. The van der Waals surface area contributed by atoms with Crippen LogP contribution in [0.5, 0.6) is 0 Å². The van der Waals surface area contributed by atoms with Crippen molar-refractivity contribution < 1.29 is 4.39 Å². The van der Waals surface area contributed by atoms with E-state index in [2.05, 4.69) is 20.6 Å². The van der Waals surface area contributed by atoms with Crippen molar-refractivity contribution in [2.75, 3.05) is 17.7 Å². The van der Waals surface area contributed by atoms with E-state index in [0.29, 0.717) is 11.5 Å². The Balaban J connectivity index is 2.20. The molecular weight excluding hydrogens is 255 g/mol. The van der Waals surface area contributed by atoms with Gasteiger partial charge in [0.15, 0.2) is 0 Å². The van der Waals surface area contributed by atoms with Crippen molar-refractivity contribution >= 4 is 11.8 Å². The largest absolute Gasteiger partial charge is 0.363 e. The number of nitrogens with one attached hydrogen (secondary N) is 2. The summed E-state index contributed by atoms with van der Waals surface area (Å²) in [6.07, 6.45) is 0. The number of hydrogen-bond donors (Lipinski definition) is 2. The average molecular weight is 274 g/mol. The van der Waals surface area contributed by atoms with E-state index < -0.39 is 0 Å². The Morgan fingerprint density at radius 2 is 1.90 bits per heavy atom. The minimum atomic E-state index is -0.189. The van der Waals surface area contributed by atoms with Crippen LogP contribution in [0.2, 0.25) is 0 Å². The molecular formula is C15H19FN4. The maximum atomic E-state index is 13.6. The number of nitrogens with zero attached hydrogens (tertiary/aromatic N) is 2. The molecule has 106 valence electrons. The second-order valence-corrected chi connectivity index (χ2v) is 4.84. The van der Waals surface area contributed by atoms with E-state index in [9.17, 15) is 4.39 Å². The maximum Gasteiger partial charge on any atom is 0.224 e. The van der Waals surface area contributed by atoms with E-state index in [1.54, 1.807) is 26.1 Å². The van der Waals surface area contributed by atoms with Crippen LogP contribution < -0.4 is 10.6 Å². The number of rotatable bonds is 4. The molecule has 1 heterocycles. The number of benzene rings is 1. The first-order chi connectivity index (χ1) is 9.49. The molecule has 4 nitrogen and oxygen atoms in total. The lowest BCUT2D eigenvalue weighted by molar-refractivity contribution is 0.614. The van der Waals surface area contributed by atoms with Gasteiger partial charge in [0.05, 0.1) is 6.04 Å². The summed E-state index contributed by atoms with van der Waals surface area (Å²) in [5, 5.41) is 6.18. The molecule has 0 fully saturated rings. The number of halogens is 1. The second-order valence-electron chi connectivity index (χ2n) is 4.84. The van der Waals surface area contributed by atoms with Crippen LogP contribution in [0.25, 0.3) is 0 Å². The molecule has 0 aliphatic rings. The summed E-state index contributed by atoms with van der Waals surface area (Å²) < 4.78 is 13.6. The predicted octanol–water partition coefficient (Wildman–Crippen LogP) is 3.45. The lowest BCUT2D eigenvalue weighted by Gasteiger charge is -2.16. The molecule has 1 aromatic carbocycles. The Labute approximate surface area is 118 Å². The van der Waals surface area contributed by atoms with Crippen LogP contribution in [-0.4, -0.2) is 17.0 Å². The van der Waals surface area contributed by atoms with Crippen LogP contribution in [-0.2, 0) is 0 Å². The molecule has 0 radical (unpaired) electrons. The Hall–Kier alpha value is -2.17.